The number of hydrogen-bond donors (Lipinski definition) is 1. The van der Waals surface area contributed by atoms with Crippen LogP contribution in [0.25, 0.3) is 0 Å². The zero-order valence-corrected chi connectivity index (χ0v) is 9.56. The fourth-order valence-electron chi connectivity index (χ4n) is 2.70. The highest BCUT2D eigenvalue weighted by molar-refractivity contribution is 5.11. The molecule has 3 rings (SSSR count). The second-order valence-corrected chi connectivity index (χ2v) is 4.87. The third kappa shape index (κ3) is 1.76. The molecule has 0 aliphatic carbocycles. The van der Waals surface area contributed by atoms with Crippen LogP contribution in [0.4, 0.5) is 0 Å². The van der Waals surface area contributed by atoms with Gasteiger partial charge in [0.05, 0.1) is 0 Å². The van der Waals surface area contributed by atoms with Crippen LogP contribution >= 0.6 is 0 Å². The minimum atomic E-state index is 0.202. The van der Waals surface area contributed by atoms with E-state index in [1.165, 1.54) is 18.5 Å². The minimum absolute atomic E-state index is 0.202. The summed E-state index contributed by atoms with van der Waals surface area (Å²) >= 11 is 0. The number of ether oxygens (including phenoxy) is 1. The molecule has 0 spiro atoms. The quantitative estimate of drug-likeness (QED) is 0.780. The first-order valence-electron chi connectivity index (χ1n) is 6.26. The van der Waals surface area contributed by atoms with Crippen molar-refractivity contribution in [1.29, 1.82) is 0 Å². The van der Waals surface area contributed by atoms with Gasteiger partial charge < -0.3 is 15.0 Å². The van der Waals surface area contributed by atoms with Crippen molar-refractivity contribution in [2.24, 2.45) is 5.73 Å². The van der Waals surface area contributed by atoms with Crippen LogP contribution < -0.4 is 5.73 Å². The summed E-state index contributed by atoms with van der Waals surface area (Å²) in [7, 11) is 0. The number of imidazole rings is 1. The van der Waals surface area contributed by atoms with E-state index in [1.54, 1.807) is 0 Å². The summed E-state index contributed by atoms with van der Waals surface area (Å²) < 4.78 is 8.08. The normalized spacial score (nSPS) is 30.1. The van der Waals surface area contributed by atoms with Crippen LogP contribution in [-0.2, 0) is 17.7 Å². The predicted octanol–water partition coefficient (Wildman–Crippen LogP) is 1.40. The molecule has 2 unspecified atom stereocenters. The first-order valence-corrected chi connectivity index (χ1v) is 6.26. The van der Waals surface area contributed by atoms with E-state index in [0.717, 1.165) is 38.2 Å². The summed E-state index contributed by atoms with van der Waals surface area (Å²) in [4.78, 5) is 4.54. The largest absolute Gasteiger partial charge is 0.370 e. The van der Waals surface area contributed by atoms with E-state index < -0.39 is 0 Å². The lowest BCUT2D eigenvalue weighted by Crippen LogP contribution is -2.33. The van der Waals surface area contributed by atoms with E-state index in [1.807, 2.05) is 6.20 Å². The van der Waals surface area contributed by atoms with Crippen molar-refractivity contribution in [3.05, 3.63) is 17.7 Å². The van der Waals surface area contributed by atoms with Crippen LogP contribution in [-0.4, -0.2) is 22.2 Å². The van der Waals surface area contributed by atoms with E-state index in [4.69, 9.17) is 10.5 Å². The van der Waals surface area contributed by atoms with Gasteiger partial charge in [0, 0.05) is 31.1 Å². The summed E-state index contributed by atoms with van der Waals surface area (Å²) in [5, 5.41) is 0. The molecule has 2 N–H and O–H groups in total. The van der Waals surface area contributed by atoms with Crippen molar-refractivity contribution in [1.82, 2.24) is 9.55 Å². The Morgan fingerprint density at radius 3 is 3.12 bits per heavy atom. The highest BCUT2D eigenvalue weighted by atomic mass is 16.5. The van der Waals surface area contributed by atoms with Crippen molar-refractivity contribution in [2.75, 3.05) is 6.61 Å². The molecule has 2 aliphatic rings. The van der Waals surface area contributed by atoms with E-state index in [-0.39, 0.29) is 12.1 Å². The van der Waals surface area contributed by atoms with Gasteiger partial charge in [-0.3, -0.25) is 0 Å². The number of fused-ring (bicyclic) bond motifs is 1. The van der Waals surface area contributed by atoms with Crippen molar-refractivity contribution in [3.8, 4) is 0 Å². The minimum Gasteiger partial charge on any atom is -0.370 e. The zero-order chi connectivity index (χ0) is 11.0. The molecule has 0 saturated carbocycles. The SMILES string of the molecule is NC1CCc2cnc(C3CCCCO3)n2C1. The molecular weight excluding hydrogens is 202 g/mol. The lowest BCUT2D eigenvalue weighted by molar-refractivity contribution is 0.00683. The second-order valence-electron chi connectivity index (χ2n) is 4.87. The van der Waals surface area contributed by atoms with E-state index >= 15 is 0 Å². The molecule has 3 heterocycles. The summed E-state index contributed by atoms with van der Waals surface area (Å²) in [5.74, 6) is 1.10. The van der Waals surface area contributed by atoms with Gasteiger partial charge in [-0.15, -0.1) is 0 Å². The molecule has 4 heteroatoms. The number of nitrogens with zero attached hydrogens (tertiary/aromatic N) is 2. The number of aryl methyl sites for hydroxylation is 1. The highest BCUT2D eigenvalue weighted by Crippen LogP contribution is 2.29. The summed E-state index contributed by atoms with van der Waals surface area (Å²) in [6.45, 7) is 1.78. The molecular formula is C12H19N3O. The maximum Gasteiger partial charge on any atom is 0.138 e. The fourth-order valence-corrected chi connectivity index (χ4v) is 2.70. The van der Waals surface area contributed by atoms with Gasteiger partial charge in [-0.1, -0.05) is 0 Å². The molecule has 1 fully saturated rings. The Hall–Kier alpha value is -0.870. The maximum atomic E-state index is 6.02. The fraction of sp³-hybridized carbons (Fsp3) is 0.750. The van der Waals surface area contributed by atoms with Gasteiger partial charge in [0.2, 0.25) is 0 Å². The van der Waals surface area contributed by atoms with Gasteiger partial charge in [0.15, 0.2) is 0 Å². The molecule has 2 atom stereocenters. The molecule has 0 aromatic carbocycles. The van der Waals surface area contributed by atoms with Gasteiger partial charge in [-0.2, -0.15) is 0 Å². The maximum absolute atomic E-state index is 6.02. The van der Waals surface area contributed by atoms with Crippen molar-refractivity contribution in [3.63, 3.8) is 0 Å². The Morgan fingerprint density at radius 1 is 1.38 bits per heavy atom. The van der Waals surface area contributed by atoms with Crippen molar-refractivity contribution < 1.29 is 4.74 Å². The Kier molecular flexibility index (Phi) is 2.69. The number of hydrogen-bond acceptors (Lipinski definition) is 3. The molecule has 16 heavy (non-hydrogen) atoms. The zero-order valence-electron chi connectivity index (χ0n) is 9.56. The van der Waals surface area contributed by atoms with Gasteiger partial charge in [-0.05, 0) is 32.1 Å². The molecule has 88 valence electrons. The van der Waals surface area contributed by atoms with Crippen LogP contribution in [0.1, 0.15) is 43.3 Å². The average molecular weight is 221 g/mol. The van der Waals surface area contributed by atoms with Crippen LogP contribution in [0.5, 0.6) is 0 Å². The van der Waals surface area contributed by atoms with Crippen molar-refractivity contribution >= 4 is 0 Å². The first-order chi connectivity index (χ1) is 7.84. The molecule has 1 aromatic rings. The summed E-state index contributed by atoms with van der Waals surface area (Å²) in [6, 6.07) is 0.282. The highest BCUT2D eigenvalue weighted by Gasteiger charge is 2.25. The predicted molar refractivity (Wildman–Crippen MR) is 61.1 cm³/mol. The van der Waals surface area contributed by atoms with Gasteiger partial charge >= 0.3 is 0 Å². The summed E-state index contributed by atoms with van der Waals surface area (Å²) in [6.07, 6.45) is 7.87. The topological polar surface area (TPSA) is 53.1 Å². The van der Waals surface area contributed by atoms with Crippen molar-refractivity contribution in [2.45, 2.75) is 50.8 Å². The Labute approximate surface area is 95.8 Å². The average Bonchev–Trinajstić information content (AvgIpc) is 2.73. The first kappa shape index (κ1) is 10.3. The lowest BCUT2D eigenvalue weighted by atomic mass is 10.1. The third-order valence-corrected chi connectivity index (χ3v) is 3.63. The van der Waals surface area contributed by atoms with Crippen LogP contribution in [0.2, 0.25) is 0 Å². The lowest BCUT2D eigenvalue weighted by Gasteiger charge is -2.27. The molecule has 1 aromatic heterocycles. The second kappa shape index (κ2) is 4.18. The van der Waals surface area contributed by atoms with Gasteiger partial charge in [0.25, 0.3) is 0 Å². The van der Waals surface area contributed by atoms with Gasteiger partial charge in [0.1, 0.15) is 11.9 Å². The van der Waals surface area contributed by atoms with E-state index in [2.05, 4.69) is 9.55 Å². The monoisotopic (exact) mass is 221 g/mol. The summed E-state index contributed by atoms with van der Waals surface area (Å²) in [5.41, 5.74) is 7.34. The number of nitrogens with two attached hydrogens (primary N) is 1. The van der Waals surface area contributed by atoms with Crippen LogP contribution in [0.3, 0.4) is 0 Å². The van der Waals surface area contributed by atoms with Crippen LogP contribution in [0.15, 0.2) is 6.20 Å². The Bertz CT molecular complexity index is 368. The Morgan fingerprint density at radius 2 is 2.31 bits per heavy atom. The molecule has 0 amide bonds. The smallest absolute Gasteiger partial charge is 0.138 e. The van der Waals surface area contributed by atoms with E-state index in [9.17, 15) is 0 Å². The Balaban J connectivity index is 1.86. The molecule has 4 nitrogen and oxygen atoms in total. The third-order valence-electron chi connectivity index (χ3n) is 3.63. The molecule has 0 bridgehead atoms. The standard InChI is InChI=1S/C12H19N3O/c13-9-4-5-10-7-14-12(15(10)8-9)11-3-1-2-6-16-11/h7,9,11H,1-6,8,13H2. The van der Waals surface area contributed by atoms with Crippen LogP contribution in [0, 0.1) is 0 Å². The molecule has 2 aliphatic heterocycles. The van der Waals surface area contributed by atoms with Gasteiger partial charge in [-0.25, -0.2) is 4.98 Å². The van der Waals surface area contributed by atoms with E-state index in [0.29, 0.717) is 0 Å². The number of aromatic nitrogens is 2. The molecule has 0 radical (unpaired) electrons. The number of rotatable bonds is 1. The molecule has 1 saturated heterocycles.